The van der Waals surface area contributed by atoms with Crippen molar-refractivity contribution in [2.45, 2.75) is 0 Å². The molecule has 3 heterocycles. The van der Waals surface area contributed by atoms with Gasteiger partial charge in [-0.15, -0.1) is 0 Å². The molecule has 4 heteroatoms. The highest BCUT2D eigenvalue weighted by molar-refractivity contribution is 6.13. The molecule has 11 aromatic rings. The number of pyridine rings is 1. The van der Waals surface area contributed by atoms with E-state index in [1.54, 1.807) is 0 Å². The summed E-state index contributed by atoms with van der Waals surface area (Å²) in [5, 5.41) is 7.45. The number of fused-ring (bicyclic) bond motifs is 3. The van der Waals surface area contributed by atoms with Crippen LogP contribution in [0.5, 0.6) is 0 Å². The van der Waals surface area contributed by atoms with E-state index in [-0.39, 0.29) is 0 Å². The van der Waals surface area contributed by atoms with Gasteiger partial charge in [0.05, 0.1) is 28.8 Å². The number of aromatic nitrogens is 4. The lowest BCUT2D eigenvalue weighted by Gasteiger charge is -2.18. The highest BCUT2D eigenvalue weighted by Crippen LogP contribution is 2.43. The van der Waals surface area contributed by atoms with Gasteiger partial charge in [-0.1, -0.05) is 200 Å². The van der Waals surface area contributed by atoms with E-state index in [9.17, 15) is 0 Å². The summed E-state index contributed by atoms with van der Waals surface area (Å²) in [6.45, 7) is 0. The standard InChI is InChI=1S/C57H38N4/c1-5-18-39(19-6-1)43-26-15-29-46(34-43)52-37-53(60-57(59-52)42-24-11-4-12-25-42)47-30-16-27-44(35-47)45-28-17-31-48(36-45)54-49-32-13-14-33-50(49)56-51(40-20-7-2-8-21-40)38-58-61(56)55(54)41-22-9-3-10-23-41/h1-38H. The molecule has 0 spiro atoms. The van der Waals surface area contributed by atoms with Crippen molar-refractivity contribution in [1.82, 2.24) is 19.6 Å². The highest BCUT2D eigenvalue weighted by atomic mass is 15.2. The van der Waals surface area contributed by atoms with Crippen molar-refractivity contribution in [1.29, 1.82) is 0 Å². The summed E-state index contributed by atoms with van der Waals surface area (Å²) in [6, 6.07) is 79.0. The summed E-state index contributed by atoms with van der Waals surface area (Å²) >= 11 is 0. The van der Waals surface area contributed by atoms with Gasteiger partial charge in [-0.3, -0.25) is 0 Å². The van der Waals surface area contributed by atoms with Gasteiger partial charge >= 0.3 is 0 Å². The Balaban J connectivity index is 1.06. The van der Waals surface area contributed by atoms with Crippen LogP contribution in [0.25, 0.3) is 106 Å². The fourth-order valence-corrected chi connectivity index (χ4v) is 8.56. The fraction of sp³-hybridized carbons (Fsp3) is 0. The Morgan fingerprint density at radius 3 is 1.33 bits per heavy atom. The van der Waals surface area contributed by atoms with Crippen LogP contribution in [0.4, 0.5) is 0 Å². The molecule has 11 rings (SSSR count). The van der Waals surface area contributed by atoms with E-state index in [1.807, 2.05) is 30.5 Å². The van der Waals surface area contributed by atoms with E-state index in [0.29, 0.717) is 5.82 Å². The lowest BCUT2D eigenvalue weighted by atomic mass is 9.90. The molecular weight excluding hydrogens is 741 g/mol. The zero-order chi connectivity index (χ0) is 40.5. The van der Waals surface area contributed by atoms with Crippen LogP contribution in [0.1, 0.15) is 0 Å². The smallest absolute Gasteiger partial charge is 0.160 e. The van der Waals surface area contributed by atoms with E-state index in [2.05, 4.69) is 205 Å². The SMILES string of the molecule is c1ccc(-c2cccc(-c3cc(-c4cccc(-c5cccc(-c6c(-c7ccccc7)n7ncc(-c8ccccc8)c7c7ccccc67)c5)c4)nc(-c4ccccc4)n3)c2)cc1. The molecular formula is C57H38N4. The topological polar surface area (TPSA) is 43.1 Å². The van der Waals surface area contributed by atoms with Crippen molar-refractivity contribution in [2.75, 3.05) is 0 Å². The Morgan fingerprint density at radius 2 is 0.738 bits per heavy atom. The first kappa shape index (κ1) is 35.9. The summed E-state index contributed by atoms with van der Waals surface area (Å²) in [4.78, 5) is 10.3. The Hall–Kier alpha value is -8.21. The second kappa shape index (κ2) is 15.5. The minimum absolute atomic E-state index is 0.690. The van der Waals surface area contributed by atoms with Gasteiger partial charge in [0.25, 0.3) is 0 Å². The number of hydrogen-bond acceptors (Lipinski definition) is 3. The van der Waals surface area contributed by atoms with Crippen LogP contribution in [0.2, 0.25) is 0 Å². The molecule has 0 atom stereocenters. The molecule has 0 aliphatic carbocycles. The van der Waals surface area contributed by atoms with Crippen molar-refractivity contribution >= 4 is 16.3 Å². The van der Waals surface area contributed by atoms with Gasteiger partial charge in [0.2, 0.25) is 0 Å². The van der Waals surface area contributed by atoms with Crippen molar-refractivity contribution in [3.8, 4) is 89.7 Å². The summed E-state index contributed by atoms with van der Waals surface area (Å²) in [5.74, 6) is 0.690. The molecule has 3 aromatic heterocycles. The van der Waals surface area contributed by atoms with Gasteiger partial charge in [-0.05, 0) is 63.0 Å². The maximum Gasteiger partial charge on any atom is 0.160 e. The molecule has 0 radical (unpaired) electrons. The molecule has 8 aromatic carbocycles. The second-order valence-corrected chi connectivity index (χ2v) is 15.3. The molecule has 0 unspecified atom stereocenters. The average Bonchev–Trinajstić information content (AvgIpc) is 3.80. The van der Waals surface area contributed by atoms with E-state index in [0.717, 1.165) is 89.2 Å². The third-order valence-corrected chi connectivity index (χ3v) is 11.5. The zero-order valence-electron chi connectivity index (χ0n) is 33.2. The molecule has 4 nitrogen and oxygen atoms in total. The number of benzene rings is 8. The molecule has 0 amide bonds. The van der Waals surface area contributed by atoms with E-state index in [1.165, 1.54) is 10.9 Å². The fourth-order valence-electron chi connectivity index (χ4n) is 8.56. The minimum Gasteiger partial charge on any atom is -0.231 e. The lowest BCUT2D eigenvalue weighted by molar-refractivity contribution is 0.976. The lowest BCUT2D eigenvalue weighted by Crippen LogP contribution is -2.00. The molecule has 61 heavy (non-hydrogen) atoms. The summed E-state index contributed by atoms with van der Waals surface area (Å²) in [7, 11) is 0. The van der Waals surface area contributed by atoms with Crippen molar-refractivity contribution in [2.24, 2.45) is 0 Å². The van der Waals surface area contributed by atoms with Crippen LogP contribution in [-0.2, 0) is 0 Å². The first-order chi connectivity index (χ1) is 30.2. The Labute approximate surface area is 354 Å². The van der Waals surface area contributed by atoms with Gasteiger partial charge in [-0.25, -0.2) is 14.5 Å². The highest BCUT2D eigenvalue weighted by Gasteiger charge is 2.22. The molecule has 0 bridgehead atoms. The van der Waals surface area contributed by atoms with Gasteiger partial charge in [0.15, 0.2) is 5.82 Å². The molecule has 0 aliphatic heterocycles. The normalized spacial score (nSPS) is 11.3. The zero-order valence-corrected chi connectivity index (χ0v) is 33.2. The third kappa shape index (κ3) is 6.76. The molecule has 286 valence electrons. The maximum absolute atomic E-state index is 5.19. The van der Waals surface area contributed by atoms with Crippen molar-refractivity contribution in [3.63, 3.8) is 0 Å². The second-order valence-electron chi connectivity index (χ2n) is 15.3. The van der Waals surface area contributed by atoms with Crippen LogP contribution in [0.3, 0.4) is 0 Å². The van der Waals surface area contributed by atoms with Gasteiger partial charge in [0, 0.05) is 38.8 Å². The van der Waals surface area contributed by atoms with Gasteiger partial charge in [-0.2, -0.15) is 5.10 Å². The van der Waals surface area contributed by atoms with Crippen LogP contribution in [-0.4, -0.2) is 19.6 Å². The van der Waals surface area contributed by atoms with Gasteiger partial charge in [0.1, 0.15) is 0 Å². The number of hydrogen-bond donors (Lipinski definition) is 0. The van der Waals surface area contributed by atoms with E-state index < -0.39 is 0 Å². The Bertz CT molecular complexity index is 3340. The van der Waals surface area contributed by atoms with Crippen LogP contribution >= 0.6 is 0 Å². The molecule has 0 N–H and O–H groups in total. The first-order valence-corrected chi connectivity index (χ1v) is 20.6. The molecule has 0 fully saturated rings. The summed E-state index contributed by atoms with van der Waals surface area (Å²) in [6.07, 6.45) is 2.01. The van der Waals surface area contributed by atoms with Gasteiger partial charge < -0.3 is 0 Å². The van der Waals surface area contributed by atoms with Crippen LogP contribution in [0, 0.1) is 0 Å². The monoisotopic (exact) mass is 778 g/mol. The van der Waals surface area contributed by atoms with E-state index >= 15 is 0 Å². The van der Waals surface area contributed by atoms with Crippen LogP contribution in [0.15, 0.2) is 231 Å². The average molecular weight is 779 g/mol. The quantitative estimate of drug-likeness (QED) is 0.154. The maximum atomic E-state index is 5.19. The van der Waals surface area contributed by atoms with E-state index in [4.69, 9.17) is 15.1 Å². The Kier molecular flexibility index (Phi) is 9.14. The van der Waals surface area contributed by atoms with Crippen molar-refractivity contribution < 1.29 is 0 Å². The largest absolute Gasteiger partial charge is 0.231 e. The first-order valence-electron chi connectivity index (χ1n) is 20.6. The summed E-state index contributed by atoms with van der Waals surface area (Å²) < 4.78 is 2.15. The minimum atomic E-state index is 0.690. The molecule has 0 saturated carbocycles. The third-order valence-electron chi connectivity index (χ3n) is 11.5. The summed E-state index contributed by atoms with van der Waals surface area (Å²) in [5.41, 5.74) is 17.1. The predicted octanol–water partition coefficient (Wildman–Crippen LogP) is 14.6. The molecule has 0 aliphatic rings. The number of rotatable bonds is 8. The van der Waals surface area contributed by atoms with Crippen molar-refractivity contribution in [3.05, 3.63) is 231 Å². The molecule has 0 saturated heterocycles. The predicted molar refractivity (Wildman–Crippen MR) is 252 cm³/mol. The number of nitrogens with zero attached hydrogens (tertiary/aromatic N) is 4. The Morgan fingerprint density at radius 1 is 0.311 bits per heavy atom. The van der Waals surface area contributed by atoms with Crippen LogP contribution < -0.4 is 0 Å².